The van der Waals surface area contributed by atoms with Gasteiger partial charge in [-0.05, 0) is 62.4 Å². The molecule has 32 heavy (non-hydrogen) atoms. The Balaban J connectivity index is 1.40. The topological polar surface area (TPSA) is 92.8 Å². The SMILES string of the molecule is CC(C)S(=O)(=O)c1ccc(CC(=O)NCC2CCN(C(=O)Oc3ccccc3)CC2)cc1. The van der Waals surface area contributed by atoms with Crippen LogP contribution in [0.25, 0.3) is 0 Å². The maximum absolute atomic E-state index is 12.3. The summed E-state index contributed by atoms with van der Waals surface area (Å²) in [6.45, 7) is 5.04. The minimum atomic E-state index is -3.31. The van der Waals surface area contributed by atoms with Crippen LogP contribution >= 0.6 is 0 Å². The quantitative estimate of drug-likeness (QED) is 0.686. The zero-order valence-corrected chi connectivity index (χ0v) is 19.3. The fourth-order valence-electron chi connectivity index (χ4n) is 3.55. The highest BCUT2D eigenvalue weighted by Gasteiger charge is 2.24. The summed E-state index contributed by atoms with van der Waals surface area (Å²) in [4.78, 5) is 26.5. The molecular formula is C24H30N2O5S. The molecule has 0 saturated carbocycles. The van der Waals surface area contributed by atoms with Crippen LogP contribution in [0.3, 0.4) is 0 Å². The molecule has 7 nitrogen and oxygen atoms in total. The van der Waals surface area contributed by atoms with Crippen molar-refractivity contribution in [3.63, 3.8) is 0 Å². The zero-order valence-electron chi connectivity index (χ0n) is 18.5. The number of piperidine rings is 1. The number of nitrogens with zero attached hydrogens (tertiary/aromatic N) is 1. The molecule has 172 valence electrons. The van der Waals surface area contributed by atoms with Gasteiger partial charge in [0.15, 0.2) is 9.84 Å². The maximum atomic E-state index is 12.3. The van der Waals surface area contributed by atoms with Crippen molar-refractivity contribution in [1.29, 1.82) is 0 Å². The Morgan fingerprint density at radius 1 is 1.03 bits per heavy atom. The third-order valence-electron chi connectivity index (χ3n) is 5.65. The average molecular weight is 459 g/mol. The molecule has 0 atom stereocenters. The highest BCUT2D eigenvalue weighted by atomic mass is 32.2. The highest BCUT2D eigenvalue weighted by Crippen LogP contribution is 2.19. The molecule has 0 spiro atoms. The maximum Gasteiger partial charge on any atom is 0.415 e. The second-order valence-electron chi connectivity index (χ2n) is 8.33. The van der Waals surface area contributed by atoms with Crippen molar-refractivity contribution in [3.8, 4) is 5.75 Å². The molecule has 2 amide bonds. The summed E-state index contributed by atoms with van der Waals surface area (Å²) in [5, 5.41) is 2.47. The van der Waals surface area contributed by atoms with Gasteiger partial charge in [-0.1, -0.05) is 30.3 Å². The number of carbonyl (C=O) groups is 2. The lowest BCUT2D eigenvalue weighted by molar-refractivity contribution is -0.120. The smallest absolute Gasteiger partial charge is 0.410 e. The standard InChI is InChI=1S/C24H30N2O5S/c1-18(2)32(29,30)22-10-8-19(9-11-22)16-23(27)25-17-20-12-14-26(15-13-20)24(28)31-21-6-4-3-5-7-21/h3-11,18,20H,12-17H2,1-2H3,(H,25,27). The molecule has 0 radical (unpaired) electrons. The summed E-state index contributed by atoms with van der Waals surface area (Å²) in [5.41, 5.74) is 0.767. The van der Waals surface area contributed by atoms with Gasteiger partial charge in [-0.25, -0.2) is 13.2 Å². The number of sulfone groups is 1. The van der Waals surface area contributed by atoms with Crippen molar-refractivity contribution in [2.24, 2.45) is 5.92 Å². The largest absolute Gasteiger partial charge is 0.415 e. The Bertz CT molecular complexity index is 1010. The summed E-state index contributed by atoms with van der Waals surface area (Å²) in [7, 11) is -3.31. The number of carbonyl (C=O) groups excluding carboxylic acids is 2. The van der Waals surface area contributed by atoms with Crippen LogP contribution in [0.2, 0.25) is 0 Å². The molecule has 1 N–H and O–H groups in total. The van der Waals surface area contributed by atoms with Crippen molar-refractivity contribution in [3.05, 3.63) is 60.2 Å². The van der Waals surface area contributed by atoms with Gasteiger partial charge in [0.1, 0.15) is 5.75 Å². The fraction of sp³-hybridized carbons (Fsp3) is 0.417. The number of hydrogen-bond acceptors (Lipinski definition) is 5. The van der Waals surface area contributed by atoms with E-state index in [1.807, 2.05) is 18.2 Å². The molecule has 1 fully saturated rings. The van der Waals surface area contributed by atoms with E-state index in [1.165, 1.54) is 0 Å². The zero-order chi connectivity index (χ0) is 23.1. The molecule has 1 aliphatic heterocycles. The molecule has 2 aromatic carbocycles. The second-order valence-corrected chi connectivity index (χ2v) is 10.8. The van der Waals surface area contributed by atoms with E-state index in [-0.39, 0.29) is 23.3 Å². The fourth-order valence-corrected chi connectivity index (χ4v) is 4.61. The summed E-state index contributed by atoms with van der Waals surface area (Å²) in [6.07, 6.45) is 1.45. The Morgan fingerprint density at radius 3 is 2.25 bits per heavy atom. The Morgan fingerprint density at radius 2 is 1.66 bits per heavy atom. The summed E-state index contributed by atoms with van der Waals surface area (Å²) in [5.74, 6) is 0.732. The van der Waals surface area contributed by atoms with Crippen LogP contribution in [0.5, 0.6) is 5.75 Å². The Labute approximate surface area is 189 Å². The van der Waals surface area contributed by atoms with Gasteiger partial charge in [0.05, 0.1) is 16.6 Å². The predicted octanol–water partition coefficient (Wildman–Crippen LogP) is 3.44. The minimum absolute atomic E-state index is 0.101. The van der Waals surface area contributed by atoms with Crippen molar-refractivity contribution < 1.29 is 22.7 Å². The lowest BCUT2D eigenvalue weighted by Gasteiger charge is -2.31. The normalized spacial score (nSPS) is 14.9. The van der Waals surface area contributed by atoms with Crippen LogP contribution < -0.4 is 10.1 Å². The first-order valence-electron chi connectivity index (χ1n) is 10.9. The van der Waals surface area contributed by atoms with Gasteiger partial charge in [-0.3, -0.25) is 4.79 Å². The van der Waals surface area contributed by atoms with Gasteiger partial charge in [-0.2, -0.15) is 0 Å². The molecular weight excluding hydrogens is 428 g/mol. The summed E-state index contributed by atoms with van der Waals surface area (Å²) < 4.78 is 29.8. The van der Waals surface area contributed by atoms with E-state index in [1.54, 1.807) is 55.1 Å². The Kier molecular flexibility index (Phi) is 7.90. The first kappa shape index (κ1) is 23.8. The summed E-state index contributed by atoms with van der Waals surface area (Å²) >= 11 is 0. The van der Waals surface area contributed by atoms with E-state index >= 15 is 0 Å². The van der Waals surface area contributed by atoms with Gasteiger partial charge < -0.3 is 15.0 Å². The second kappa shape index (κ2) is 10.6. The molecule has 0 bridgehead atoms. The van der Waals surface area contributed by atoms with E-state index in [9.17, 15) is 18.0 Å². The predicted molar refractivity (Wildman–Crippen MR) is 122 cm³/mol. The molecule has 0 aliphatic carbocycles. The number of likely N-dealkylation sites (tertiary alicyclic amines) is 1. The van der Waals surface area contributed by atoms with Crippen LogP contribution in [0.1, 0.15) is 32.3 Å². The van der Waals surface area contributed by atoms with E-state index in [4.69, 9.17) is 4.74 Å². The van der Waals surface area contributed by atoms with Crippen LogP contribution in [-0.2, 0) is 21.1 Å². The van der Waals surface area contributed by atoms with Crippen molar-refractivity contribution in [1.82, 2.24) is 10.2 Å². The van der Waals surface area contributed by atoms with Crippen LogP contribution in [0, 0.1) is 5.92 Å². The molecule has 1 saturated heterocycles. The molecule has 2 aromatic rings. The first-order valence-corrected chi connectivity index (χ1v) is 12.4. The number of para-hydroxylation sites is 1. The number of ether oxygens (including phenoxy) is 1. The highest BCUT2D eigenvalue weighted by molar-refractivity contribution is 7.92. The van der Waals surface area contributed by atoms with Crippen LogP contribution in [0.4, 0.5) is 4.79 Å². The lowest BCUT2D eigenvalue weighted by atomic mass is 9.97. The third kappa shape index (κ3) is 6.32. The van der Waals surface area contributed by atoms with Gasteiger partial charge in [0.2, 0.25) is 5.91 Å². The number of rotatable bonds is 7. The van der Waals surface area contributed by atoms with Crippen molar-refractivity contribution in [2.75, 3.05) is 19.6 Å². The molecule has 0 unspecified atom stereocenters. The van der Waals surface area contributed by atoms with Crippen LogP contribution in [0.15, 0.2) is 59.5 Å². The van der Waals surface area contributed by atoms with Crippen molar-refractivity contribution in [2.45, 2.75) is 43.3 Å². The Hall–Kier alpha value is -2.87. The van der Waals surface area contributed by atoms with Gasteiger partial charge in [0, 0.05) is 19.6 Å². The molecule has 8 heteroatoms. The number of hydrogen-bond donors (Lipinski definition) is 1. The van der Waals surface area contributed by atoms with E-state index in [0.29, 0.717) is 31.3 Å². The van der Waals surface area contributed by atoms with E-state index < -0.39 is 15.1 Å². The lowest BCUT2D eigenvalue weighted by Crippen LogP contribution is -2.42. The molecule has 3 rings (SSSR count). The van der Waals surface area contributed by atoms with Gasteiger partial charge in [-0.15, -0.1) is 0 Å². The van der Waals surface area contributed by atoms with E-state index in [2.05, 4.69) is 5.32 Å². The average Bonchev–Trinajstić information content (AvgIpc) is 2.79. The monoisotopic (exact) mass is 458 g/mol. The molecule has 1 heterocycles. The minimum Gasteiger partial charge on any atom is -0.410 e. The number of nitrogens with one attached hydrogen (secondary N) is 1. The van der Waals surface area contributed by atoms with Gasteiger partial charge in [0.25, 0.3) is 0 Å². The molecule has 1 aliphatic rings. The number of benzene rings is 2. The van der Waals surface area contributed by atoms with Crippen molar-refractivity contribution >= 4 is 21.8 Å². The number of amides is 2. The van der Waals surface area contributed by atoms with Crippen LogP contribution in [-0.4, -0.2) is 50.2 Å². The third-order valence-corrected chi connectivity index (χ3v) is 7.82. The van der Waals surface area contributed by atoms with Gasteiger partial charge >= 0.3 is 6.09 Å². The molecule has 0 aromatic heterocycles. The first-order chi connectivity index (χ1) is 15.3. The van der Waals surface area contributed by atoms with E-state index in [0.717, 1.165) is 18.4 Å². The summed E-state index contributed by atoms with van der Waals surface area (Å²) in [6, 6.07) is 15.5.